The normalized spacial score (nSPS) is 21.2. The zero-order valence-corrected chi connectivity index (χ0v) is 12.9. The maximum absolute atomic E-state index is 5.58. The summed E-state index contributed by atoms with van der Waals surface area (Å²) in [7, 11) is 0. The molecule has 1 aliphatic rings. The Morgan fingerprint density at radius 2 is 1.67 bits per heavy atom. The first-order valence-corrected chi connectivity index (χ1v) is 7.61. The Balaban J connectivity index is 2.13. The van der Waals surface area contributed by atoms with Crippen molar-refractivity contribution in [1.29, 1.82) is 0 Å². The van der Waals surface area contributed by atoms with E-state index in [1.807, 2.05) is 0 Å². The van der Waals surface area contributed by atoms with Crippen LogP contribution in [0.1, 0.15) is 47.0 Å². The highest BCUT2D eigenvalue weighted by Crippen LogP contribution is 2.16. The van der Waals surface area contributed by atoms with Crippen LogP contribution in [0.4, 0.5) is 0 Å². The van der Waals surface area contributed by atoms with Crippen molar-refractivity contribution in [3.63, 3.8) is 0 Å². The lowest BCUT2D eigenvalue weighted by atomic mass is 10.0. The lowest BCUT2D eigenvalue weighted by Crippen LogP contribution is -2.53. The highest BCUT2D eigenvalue weighted by molar-refractivity contribution is 4.81. The fourth-order valence-electron chi connectivity index (χ4n) is 2.73. The first-order chi connectivity index (χ1) is 8.43. The van der Waals surface area contributed by atoms with Gasteiger partial charge in [-0.3, -0.25) is 4.90 Å². The van der Waals surface area contributed by atoms with Gasteiger partial charge < -0.3 is 10.6 Å². The average Bonchev–Trinajstić information content (AvgIpc) is 2.29. The highest BCUT2D eigenvalue weighted by atomic mass is 15.3. The largest absolute Gasteiger partial charge is 0.330 e. The van der Waals surface area contributed by atoms with E-state index in [4.69, 9.17) is 5.73 Å². The molecule has 2 N–H and O–H groups in total. The van der Waals surface area contributed by atoms with Crippen LogP contribution in [0.15, 0.2) is 0 Å². The van der Waals surface area contributed by atoms with Gasteiger partial charge in [0.05, 0.1) is 0 Å². The Kier molecular flexibility index (Phi) is 6.61. The topological polar surface area (TPSA) is 32.5 Å². The summed E-state index contributed by atoms with van der Waals surface area (Å²) in [5.41, 5.74) is 5.92. The summed E-state index contributed by atoms with van der Waals surface area (Å²) >= 11 is 0. The molecule has 1 rings (SSSR count). The van der Waals surface area contributed by atoms with E-state index in [0.29, 0.717) is 5.54 Å². The Labute approximate surface area is 114 Å². The second kappa shape index (κ2) is 7.46. The maximum atomic E-state index is 5.58. The molecular weight excluding hydrogens is 222 g/mol. The van der Waals surface area contributed by atoms with Gasteiger partial charge >= 0.3 is 0 Å². The Bertz CT molecular complexity index is 214. The number of rotatable bonds is 6. The van der Waals surface area contributed by atoms with E-state index < -0.39 is 0 Å². The second-order valence-electron chi connectivity index (χ2n) is 6.82. The van der Waals surface area contributed by atoms with E-state index in [1.54, 1.807) is 0 Å². The summed E-state index contributed by atoms with van der Waals surface area (Å²) < 4.78 is 0. The molecule has 0 aromatic heterocycles. The molecule has 3 nitrogen and oxygen atoms in total. The second-order valence-corrected chi connectivity index (χ2v) is 6.82. The van der Waals surface area contributed by atoms with Gasteiger partial charge in [-0.25, -0.2) is 0 Å². The molecule has 1 saturated heterocycles. The quantitative estimate of drug-likeness (QED) is 0.789. The standard InChI is InChI=1S/C15H33N3/c1-14(7-8-16)6-5-9-17-10-12-18(13-11-17)15(2,3)4/h14H,5-13,16H2,1-4H3. The lowest BCUT2D eigenvalue weighted by Gasteiger charge is -2.42. The van der Waals surface area contributed by atoms with Gasteiger partial charge in [0, 0.05) is 31.7 Å². The molecule has 0 aliphatic carbocycles. The van der Waals surface area contributed by atoms with Crippen LogP contribution in [-0.2, 0) is 0 Å². The number of nitrogens with zero attached hydrogens (tertiary/aromatic N) is 2. The monoisotopic (exact) mass is 255 g/mol. The molecule has 1 heterocycles. The minimum absolute atomic E-state index is 0.335. The molecule has 108 valence electrons. The van der Waals surface area contributed by atoms with Crippen LogP contribution in [0, 0.1) is 5.92 Å². The molecule has 0 aromatic carbocycles. The van der Waals surface area contributed by atoms with Gasteiger partial charge in [0.1, 0.15) is 0 Å². The molecule has 0 bridgehead atoms. The van der Waals surface area contributed by atoms with E-state index in [-0.39, 0.29) is 0 Å². The smallest absolute Gasteiger partial charge is 0.0126 e. The molecule has 1 unspecified atom stereocenters. The highest BCUT2D eigenvalue weighted by Gasteiger charge is 2.25. The van der Waals surface area contributed by atoms with Gasteiger partial charge in [0.2, 0.25) is 0 Å². The SMILES string of the molecule is CC(CCN)CCCN1CCN(C(C)(C)C)CC1. The number of nitrogens with two attached hydrogens (primary N) is 1. The summed E-state index contributed by atoms with van der Waals surface area (Å²) in [6.45, 7) is 16.3. The van der Waals surface area contributed by atoms with E-state index in [2.05, 4.69) is 37.5 Å². The number of hydrogen-bond donors (Lipinski definition) is 1. The van der Waals surface area contributed by atoms with E-state index in [1.165, 1.54) is 52.0 Å². The van der Waals surface area contributed by atoms with Crippen LogP contribution in [0.25, 0.3) is 0 Å². The fourth-order valence-corrected chi connectivity index (χ4v) is 2.73. The van der Waals surface area contributed by atoms with E-state index in [9.17, 15) is 0 Å². The minimum Gasteiger partial charge on any atom is -0.330 e. The van der Waals surface area contributed by atoms with Crippen molar-refractivity contribution in [3.8, 4) is 0 Å². The van der Waals surface area contributed by atoms with Gasteiger partial charge in [-0.1, -0.05) is 6.92 Å². The molecule has 0 spiro atoms. The average molecular weight is 255 g/mol. The summed E-state index contributed by atoms with van der Waals surface area (Å²) in [5, 5.41) is 0. The zero-order chi connectivity index (χ0) is 13.6. The van der Waals surface area contributed by atoms with E-state index in [0.717, 1.165) is 12.5 Å². The van der Waals surface area contributed by atoms with Crippen molar-refractivity contribution in [2.24, 2.45) is 11.7 Å². The Morgan fingerprint density at radius 1 is 1.06 bits per heavy atom. The molecule has 1 fully saturated rings. The summed E-state index contributed by atoms with van der Waals surface area (Å²) in [5.74, 6) is 0.797. The number of hydrogen-bond acceptors (Lipinski definition) is 3. The maximum Gasteiger partial charge on any atom is 0.0126 e. The molecule has 1 aliphatic heterocycles. The first-order valence-electron chi connectivity index (χ1n) is 7.61. The fraction of sp³-hybridized carbons (Fsp3) is 1.00. The van der Waals surface area contributed by atoms with Crippen molar-refractivity contribution < 1.29 is 0 Å². The molecule has 0 amide bonds. The Morgan fingerprint density at radius 3 is 2.17 bits per heavy atom. The summed E-state index contributed by atoms with van der Waals surface area (Å²) in [4.78, 5) is 5.22. The van der Waals surface area contributed by atoms with Crippen molar-refractivity contribution in [3.05, 3.63) is 0 Å². The van der Waals surface area contributed by atoms with Gasteiger partial charge in [-0.05, 0) is 59.0 Å². The van der Waals surface area contributed by atoms with Crippen LogP contribution in [0.3, 0.4) is 0 Å². The van der Waals surface area contributed by atoms with Crippen LogP contribution in [0.2, 0.25) is 0 Å². The molecule has 3 heteroatoms. The van der Waals surface area contributed by atoms with Crippen LogP contribution < -0.4 is 5.73 Å². The van der Waals surface area contributed by atoms with Crippen LogP contribution >= 0.6 is 0 Å². The number of piperazine rings is 1. The van der Waals surface area contributed by atoms with Crippen LogP contribution in [0.5, 0.6) is 0 Å². The zero-order valence-electron chi connectivity index (χ0n) is 12.9. The molecule has 18 heavy (non-hydrogen) atoms. The third-order valence-corrected chi connectivity index (χ3v) is 4.15. The predicted molar refractivity (Wildman–Crippen MR) is 79.8 cm³/mol. The summed E-state index contributed by atoms with van der Waals surface area (Å²) in [6.07, 6.45) is 3.84. The molecular formula is C15H33N3. The van der Waals surface area contributed by atoms with Crippen LogP contribution in [-0.4, -0.2) is 54.6 Å². The molecule has 1 atom stereocenters. The predicted octanol–water partition coefficient (Wildman–Crippen LogP) is 2.17. The molecule has 0 aromatic rings. The van der Waals surface area contributed by atoms with Gasteiger partial charge in [0.15, 0.2) is 0 Å². The van der Waals surface area contributed by atoms with E-state index >= 15 is 0 Å². The van der Waals surface area contributed by atoms with Crippen molar-refractivity contribution in [2.45, 2.75) is 52.5 Å². The lowest BCUT2D eigenvalue weighted by molar-refractivity contribution is 0.0612. The van der Waals surface area contributed by atoms with Gasteiger partial charge in [-0.2, -0.15) is 0 Å². The third-order valence-electron chi connectivity index (χ3n) is 4.15. The first kappa shape index (κ1) is 15.9. The summed E-state index contributed by atoms with van der Waals surface area (Å²) in [6, 6.07) is 0. The Hall–Kier alpha value is -0.120. The van der Waals surface area contributed by atoms with Crippen molar-refractivity contribution >= 4 is 0 Å². The van der Waals surface area contributed by atoms with Gasteiger partial charge in [-0.15, -0.1) is 0 Å². The molecule has 0 radical (unpaired) electrons. The van der Waals surface area contributed by atoms with Crippen molar-refractivity contribution in [2.75, 3.05) is 39.3 Å². The minimum atomic E-state index is 0.335. The third kappa shape index (κ3) is 5.68. The molecule has 0 saturated carbocycles. The van der Waals surface area contributed by atoms with Gasteiger partial charge in [0.25, 0.3) is 0 Å². The van der Waals surface area contributed by atoms with Crippen molar-refractivity contribution in [1.82, 2.24) is 9.80 Å².